The van der Waals surface area contributed by atoms with Crippen molar-refractivity contribution in [1.29, 1.82) is 0 Å². The molecular weight excluding hydrogens is 186 g/mol. The second kappa shape index (κ2) is 4.65. The molecule has 0 unspecified atom stereocenters. The molecule has 1 heterocycles. The molecule has 0 spiro atoms. The van der Waals surface area contributed by atoms with Crippen LogP contribution in [0, 0.1) is 0 Å². The molecule has 2 nitrogen and oxygen atoms in total. The number of carbonyl (C=O) groups is 1. The van der Waals surface area contributed by atoms with Gasteiger partial charge in [-0.15, -0.1) is 0 Å². The van der Waals surface area contributed by atoms with E-state index in [-0.39, 0.29) is 5.91 Å². The molecule has 1 saturated heterocycles. The number of hydrogen-bond acceptors (Lipinski definition) is 1. The Labute approximate surface area is 92.7 Å². The van der Waals surface area contributed by atoms with Crippen molar-refractivity contribution in [2.45, 2.75) is 47.5 Å². The Balaban J connectivity index is 3.13. The summed E-state index contributed by atoms with van der Waals surface area (Å²) >= 11 is 0. The average molecular weight is 207 g/mol. The fourth-order valence-electron chi connectivity index (χ4n) is 2.12. The first-order valence-electron chi connectivity index (χ1n) is 5.63. The van der Waals surface area contributed by atoms with Crippen molar-refractivity contribution >= 4 is 5.91 Å². The molecule has 0 aromatic carbocycles. The lowest BCUT2D eigenvalue weighted by molar-refractivity contribution is -0.128. The normalized spacial score (nSPS) is 15.9. The van der Waals surface area contributed by atoms with Gasteiger partial charge in [0.25, 0.3) is 0 Å². The lowest BCUT2D eigenvalue weighted by Crippen LogP contribution is -2.26. The maximum Gasteiger partial charge on any atom is 0.226 e. The van der Waals surface area contributed by atoms with E-state index in [0.717, 1.165) is 13.0 Å². The Morgan fingerprint density at radius 2 is 1.80 bits per heavy atom. The lowest BCUT2D eigenvalue weighted by Gasteiger charge is -2.19. The molecule has 2 heteroatoms. The lowest BCUT2D eigenvalue weighted by atomic mass is 10.0. The van der Waals surface area contributed by atoms with Gasteiger partial charge in [0.2, 0.25) is 5.91 Å². The minimum atomic E-state index is 0.238. The number of amides is 1. The van der Waals surface area contributed by atoms with E-state index >= 15 is 0 Å². The number of hydrogen-bond donors (Lipinski definition) is 0. The van der Waals surface area contributed by atoms with E-state index in [1.54, 1.807) is 0 Å². The highest BCUT2D eigenvalue weighted by Crippen LogP contribution is 2.32. The van der Waals surface area contributed by atoms with Gasteiger partial charge in [-0.3, -0.25) is 4.79 Å². The molecular formula is C13H21NO. The highest BCUT2D eigenvalue weighted by Gasteiger charge is 2.27. The van der Waals surface area contributed by atoms with E-state index in [9.17, 15) is 4.79 Å². The summed E-state index contributed by atoms with van der Waals surface area (Å²) in [5, 5.41) is 0. The third-order valence-electron chi connectivity index (χ3n) is 2.82. The molecule has 0 aliphatic carbocycles. The van der Waals surface area contributed by atoms with Crippen molar-refractivity contribution in [1.82, 2.24) is 4.90 Å². The Bertz CT molecular complexity index is 328. The summed E-state index contributed by atoms with van der Waals surface area (Å²) in [4.78, 5) is 13.7. The van der Waals surface area contributed by atoms with Crippen molar-refractivity contribution in [3.8, 4) is 0 Å². The maximum absolute atomic E-state index is 11.8. The minimum absolute atomic E-state index is 0.238. The Morgan fingerprint density at radius 3 is 2.20 bits per heavy atom. The SMILES string of the molecule is CCC(=O)N1CCC(=C(C)C)C1=C(C)C. The zero-order valence-corrected chi connectivity index (χ0v) is 10.5. The molecule has 1 aliphatic heterocycles. The second-order valence-corrected chi connectivity index (χ2v) is 4.48. The summed E-state index contributed by atoms with van der Waals surface area (Å²) in [7, 11) is 0. The standard InChI is InChI=1S/C13H21NO/c1-6-12(15)14-8-7-11(9(2)3)13(14)10(4)5/h6-8H2,1-5H3. The topological polar surface area (TPSA) is 20.3 Å². The average Bonchev–Trinajstić information content (AvgIpc) is 2.60. The van der Waals surface area contributed by atoms with E-state index < -0.39 is 0 Å². The monoisotopic (exact) mass is 207 g/mol. The van der Waals surface area contributed by atoms with E-state index in [0.29, 0.717) is 6.42 Å². The van der Waals surface area contributed by atoms with E-state index in [1.165, 1.54) is 22.4 Å². The molecule has 15 heavy (non-hydrogen) atoms. The molecule has 1 aliphatic rings. The summed E-state index contributed by atoms with van der Waals surface area (Å²) in [6.45, 7) is 11.2. The second-order valence-electron chi connectivity index (χ2n) is 4.48. The van der Waals surface area contributed by atoms with Gasteiger partial charge < -0.3 is 4.90 Å². The van der Waals surface area contributed by atoms with Gasteiger partial charge in [-0.1, -0.05) is 18.1 Å². The predicted octanol–water partition coefficient (Wildman–Crippen LogP) is 3.26. The zero-order chi connectivity index (χ0) is 11.6. The molecule has 1 fully saturated rings. The highest BCUT2D eigenvalue weighted by molar-refractivity contribution is 5.80. The van der Waals surface area contributed by atoms with Gasteiger partial charge in [-0.25, -0.2) is 0 Å². The van der Waals surface area contributed by atoms with Crippen LogP contribution in [-0.2, 0) is 4.79 Å². The minimum Gasteiger partial charge on any atom is -0.312 e. The molecule has 0 bridgehead atoms. The Kier molecular flexibility index (Phi) is 3.72. The summed E-state index contributed by atoms with van der Waals surface area (Å²) in [5.74, 6) is 0.238. The van der Waals surface area contributed by atoms with Crippen LogP contribution in [0.4, 0.5) is 0 Å². The number of rotatable bonds is 1. The van der Waals surface area contributed by atoms with Crippen molar-refractivity contribution < 1.29 is 4.79 Å². The summed E-state index contributed by atoms with van der Waals surface area (Å²) in [6.07, 6.45) is 1.60. The smallest absolute Gasteiger partial charge is 0.226 e. The quantitative estimate of drug-likeness (QED) is 0.646. The molecule has 0 aromatic heterocycles. The van der Waals surface area contributed by atoms with Gasteiger partial charge >= 0.3 is 0 Å². The third kappa shape index (κ3) is 2.31. The predicted molar refractivity (Wildman–Crippen MR) is 63.4 cm³/mol. The number of allylic oxidation sites excluding steroid dienone is 3. The van der Waals surface area contributed by atoms with Crippen molar-refractivity contribution in [2.75, 3.05) is 6.54 Å². The first kappa shape index (κ1) is 12.0. The van der Waals surface area contributed by atoms with Crippen molar-refractivity contribution in [3.63, 3.8) is 0 Å². The highest BCUT2D eigenvalue weighted by atomic mass is 16.2. The van der Waals surface area contributed by atoms with Crippen molar-refractivity contribution in [3.05, 3.63) is 22.4 Å². The molecule has 0 atom stereocenters. The van der Waals surface area contributed by atoms with Gasteiger partial charge in [0, 0.05) is 18.7 Å². The number of nitrogens with zero attached hydrogens (tertiary/aromatic N) is 1. The molecule has 0 saturated carbocycles. The van der Waals surface area contributed by atoms with Crippen LogP contribution in [-0.4, -0.2) is 17.4 Å². The van der Waals surface area contributed by atoms with Gasteiger partial charge in [-0.2, -0.15) is 0 Å². The molecule has 84 valence electrons. The summed E-state index contributed by atoms with van der Waals surface area (Å²) in [6, 6.07) is 0. The summed E-state index contributed by atoms with van der Waals surface area (Å²) < 4.78 is 0. The van der Waals surface area contributed by atoms with E-state index in [4.69, 9.17) is 0 Å². The Hall–Kier alpha value is -1.05. The first-order chi connectivity index (χ1) is 6.99. The van der Waals surface area contributed by atoms with Gasteiger partial charge in [0.1, 0.15) is 0 Å². The molecule has 0 aromatic rings. The number of carbonyl (C=O) groups excluding carboxylic acids is 1. The fourth-order valence-corrected chi connectivity index (χ4v) is 2.12. The van der Waals surface area contributed by atoms with Crippen LogP contribution < -0.4 is 0 Å². The summed E-state index contributed by atoms with van der Waals surface area (Å²) in [5.41, 5.74) is 5.10. The van der Waals surface area contributed by atoms with E-state index in [1.807, 2.05) is 11.8 Å². The maximum atomic E-state index is 11.8. The van der Waals surface area contributed by atoms with Gasteiger partial charge in [0.15, 0.2) is 0 Å². The molecule has 1 amide bonds. The van der Waals surface area contributed by atoms with Crippen LogP contribution in [0.5, 0.6) is 0 Å². The van der Waals surface area contributed by atoms with Crippen LogP contribution in [0.1, 0.15) is 47.5 Å². The van der Waals surface area contributed by atoms with Gasteiger partial charge in [0.05, 0.1) is 0 Å². The molecule has 0 radical (unpaired) electrons. The van der Waals surface area contributed by atoms with Crippen LogP contribution in [0.25, 0.3) is 0 Å². The molecule has 0 N–H and O–H groups in total. The van der Waals surface area contributed by atoms with Crippen LogP contribution in [0.2, 0.25) is 0 Å². The number of likely N-dealkylation sites (tertiary alicyclic amines) is 1. The van der Waals surface area contributed by atoms with Crippen LogP contribution >= 0.6 is 0 Å². The van der Waals surface area contributed by atoms with E-state index in [2.05, 4.69) is 27.7 Å². The van der Waals surface area contributed by atoms with Crippen LogP contribution in [0.15, 0.2) is 22.4 Å². The Morgan fingerprint density at radius 1 is 1.20 bits per heavy atom. The van der Waals surface area contributed by atoms with Crippen LogP contribution in [0.3, 0.4) is 0 Å². The van der Waals surface area contributed by atoms with Gasteiger partial charge in [-0.05, 0) is 39.7 Å². The largest absolute Gasteiger partial charge is 0.312 e. The first-order valence-corrected chi connectivity index (χ1v) is 5.63. The van der Waals surface area contributed by atoms with Crippen molar-refractivity contribution in [2.24, 2.45) is 0 Å². The fraction of sp³-hybridized carbons (Fsp3) is 0.615. The zero-order valence-electron chi connectivity index (χ0n) is 10.5. The molecule has 1 rings (SSSR count). The third-order valence-corrected chi connectivity index (χ3v) is 2.82.